The van der Waals surface area contributed by atoms with Crippen LogP contribution < -0.4 is 0 Å². The van der Waals surface area contributed by atoms with Crippen LogP contribution in [0.2, 0.25) is 0 Å². The van der Waals surface area contributed by atoms with Crippen molar-refractivity contribution in [3.63, 3.8) is 0 Å². The minimum Gasteiger partial charge on any atom is -0.338 e. The SMILES string of the molecule is CC1(Cc2ccccc2)C=CC(S(=O)(=O)OC(=O)c2ccccc2)=CC1. The van der Waals surface area contributed by atoms with Gasteiger partial charge in [-0.1, -0.05) is 67.6 Å². The summed E-state index contributed by atoms with van der Waals surface area (Å²) in [5.41, 5.74) is 1.21. The fraction of sp³-hybridized carbons (Fsp3) is 0.190. The molecule has 0 N–H and O–H groups in total. The zero-order valence-corrected chi connectivity index (χ0v) is 15.3. The van der Waals surface area contributed by atoms with Crippen LogP contribution in [0, 0.1) is 5.41 Å². The van der Waals surface area contributed by atoms with Gasteiger partial charge < -0.3 is 4.18 Å². The smallest absolute Gasteiger partial charge is 0.338 e. The molecule has 0 bridgehead atoms. The average Bonchev–Trinajstić information content (AvgIpc) is 2.63. The van der Waals surface area contributed by atoms with Gasteiger partial charge in [-0.3, -0.25) is 0 Å². The van der Waals surface area contributed by atoms with Crippen LogP contribution in [0.25, 0.3) is 0 Å². The number of carbonyl (C=O) groups excluding carboxylic acids is 1. The summed E-state index contributed by atoms with van der Waals surface area (Å²) in [5, 5.41) is 0. The highest BCUT2D eigenvalue weighted by atomic mass is 32.2. The van der Waals surface area contributed by atoms with Gasteiger partial charge in [-0.25, -0.2) is 4.79 Å². The van der Waals surface area contributed by atoms with Crippen molar-refractivity contribution < 1.29 is 17.4 Å². The van der Waals surface area contributed by atoms with Crippen LogP contribution in [-0.2, 0) is 20.7 Å². The van der Waals surface area contributed by atoms with Gasteiger partial charge in [0.2, 0.25) is 0 Å². The van der Waals surface area contributed by atoms with Gasteiger partial charge in [0.25, 0.3) is 0 Å². The molecule has 0 amide bonds. The van der Waals surface area contributed by atoms with E-state index in [1.54, 1.807) is 24.3 Å². The number of rotatable bonds is 5. The molecule has 26 heavy (non-hydrogen) atoms. The lowest BCUT2D eigenvalue weighted by Gasteiger charge is -2.28. The molecule has 0 aromatic heterocycles. The Balaban J connectivity index is 1.70. The molecule has 4 nitrogen and oxygen atoms in total. The highest BCUT2D eigenvalue weighted by Gasteiger charge is 2.29. The number of carbonyl (C=O) groups is 1. The number of allylic oxidation sites excluding steroid dienone is 3. The minimum absolute atomic E-state index is 0.0207. The monoisotopic (exact) mass is 368 g/mol. The summed E-state index contributed by atoms with van der Waals surface area (Å²) in [6.45, 7) is 2.08. The fourth-order valence-electron chi connectivity index (χ4n) is 2.90. The van der Waals surface area contributed by atoms with Gasteiger partial charge >= 0.3 is 16.1 Å². The highest BCUT2D eigenvalue weighted by Crippen LogP contribution is 2.34. The van der Waals surface area contributed by atoms with Crippen molar-refractivity contribution in [2.24, 2.45) is 5.41 Å². The Kier molecular flexibility index (Phi) is 5.09. The van der Waals surface area contributed by atoms with E-state index in [9.17, 15) is 13.2 Å². The lowest BCUT2D eigenvalue weighted by molar-refractivity contribution is 0.0749. The Morgan fingerprint density at radius 1 is 1.04 bits per heavy atom. The summed E-state index contributed by atoms with van der Waals surface area (Å²) >= 11 is 0. The predicted molar refractivity (Wildman–Crippen MR) is 101 cm³/mol. The molecule has 2 aromatic rings. The summed E-state index contributed by atoms with van der Waals surface area (Å²) in [6.07, 6.45) is 6.38. The molecule has 0 heterocycles. The maximum atomic E-state index is 12.4. The molecule has 0 aliphatic heterocycles. The fourth-order valence-corrected chi connectivity index (χ4v) is 3.82. The van der Waals surface area contributed by atoms with Gasteiger partial charge in [0.1, 0.15) is 4.91 Å². The van der Waals surface area contributed by atoms with Crippen LogP contribution >= 0.6 is 0 Å². The van der Waals surface area contributed by atoms with E-state index in [0.29, 0.717) is 6.42 Å². The zero-order chi connectivity index (χ0) is 18.6. The van der Waals surface area contributed by atoms with Gasteiger partial charge in [0.15, 0.2) is 0 Å². The topological polar surface area (TPSA) is 60.4 Å². The molecule has 2 aromatic carbocycles. The molecule has 134 valence electrons. The first-order chi connectivity index (χ1) is 12.4. The highest BCUT2D eigenvalue weighted by molar-refractivity contribution is 7.91. The molecule has 1 atom stereocenters. The quantitative estimate of drug-likeness (QED) is 0.740. The van der Waals surface area contributed by atoms with Crippen molar-refractivity contribution >= 4 is 16.1 Å². The second-order valence-corrected chi connectivity index (χ2v) is 8.20. The van der Waals surface area contributed by atoms with E-state index in [1.165, 1.54) is 23.8 Å². The average molecular weight is 368 g/mol. The summed E-state index contributed by atoms with van der Waals surface area (Å²) in [5.74, 6) is -0.877. The molecule has 0 radical (unpaired) electrons. The van der Waals surface area contributed by atoms with Crippen molar-refractivity contribution in [3.8, 4) is 0 Å². The van der Waals surface area contributed by atoms with Crippen LogP contribution in [0.1, 0.15) is 29.3 Å². The zero-order valence-electron chi connectivity index (χ0n) is 14.5. The lowest BCUT2D eigenvalue weighted by Crippen LogP contribution is -2.21. The molecule has 0 saturated heterocycles. The first-order valence-electron chi connectivity index (χ1n) is 8.35. The third-order valence-electron chi connectivity index (χ3n) is 4.35. The second kappa shape index (κ2) is 7.30. The molecule has 1 aliphatic rings. The molecular formula is C21H20O4S. The molecule has 0 saturated carbocycles. The van der Waals surface area contributed by atoms with Crippen molar-refractivity contribution in [2.45, 2.75) is 19.8 Å². The van der Waals surface area contributed by atoms with E-state index in [-0.39, 0.29) is 15.9 Å². The largest absolute Gasteiger partial charge is 0.354 e. The Morgan fingerprint density at radius 2 is 1.65 bits per heavy atom. The normalized spacial score (nSPS) is 19.7. The van der Waals surface area contributed by atoms with E-state index in [1.807, 2.05) is 24.3 Å². The predicted octanol–water partition coefficient (Wildman–Crippen LogP) is 4.27. The molecule has 1 unspecified atom stereocenters. The van der Waals surface area contributed by atoms with Crippen LogP contribution in [0.15, 0.2) is 83.8 Å². The first kappa shape index (κ1) is 18.1. The summed E-state index contributed by atoms with van der Waals surface area (Å²) < 4.78 is 29.5. The van der Waals surface area contributed by atoms with E-state index >= 15 is 0 Å². The van der Waals surface area contributed by atoms with Crippen LogP contribution in [-0.4, -0.2) is 14.4 Å². The van der Waals surface area contributed by atoms with E-state index in [0.717, 1.165) is 6.42 Å². The van der Waals surface area contributed by atoms with Crippen molar-refractivity contribution in [3.05, 3.63) is 94.9 Å². The Bertz CT molecular complexity index is 944. The van der Waals surface area contributed by atoms with Crippen LogP contribution in [0.3, 0.4) is 0 Å². The molecule has 0 spiro atoms. The van der Waals surface area contributed by atoms with Gasteiger partial charge in [-0.15, -0.1) is 0 Å². The van der Waals surface area contributed by atoms with E-state index in [2.05, 4.69) is 19.1 Å². The molecule has 0 fully saturated rings. The standard InChI is InChI=1S/C21H20O4S/c1-21(16-17-8-4-2-5-9-17)14-12-19(13-15-21)26(23,24)25-20(22)18-10-6-3-7-11-18/h2-14H,15-16H2,1H3. The molecule has 5 heteroatoms. The van der Waals surface area contributed by atoms with Crippen molar-refractivity contribution in [2.75, 3.05) is 0 Å². The van der Waals surface area contributed by atoms with Gasteiger partial charge in [-0.2, -0.15) is 8.42 Å². The van der Waals surface area contributed by atoms with Gasteiger partial charge in [0, 0.05) is 0 Å². The maximum Gasteiger partial charge on any atom is 0.354 e. The second-order valence-electron chi connectivity index (χ2n) is 6.65. The Hall–Kier alpha value is -2.66. The number of hydrogen-bond acceptors (Lipinski definition) is 4. The molecular weight excluding hydrogens is 348 g/mol. The van der Waals surface area contributed by atoms with E-state index < -0.39 is 16.1 Å². The number of benzene rings is 2. The Labute approximate surface area is 153 Å². The lowest BCUT2D eigenvalue weighted by atomic mass is 9.78. The number of hydrogen-bond donors (Lipinski definition) is 0. The third-order valence-corrected chi connectivity index (χ3v) is 5.60. The first-order valence-corrected chi connectivity index (χ1v) is 9.76. The molecule has 1 aliphatic carbocycles. The summed E-state index contributed by atoms with van der Waals surface area (Å²) in [4.78, 5) is 12.0. The van der Waals surface area contributed by atoms with Gasteiger partial charge in [0.05, 0.1) is 5.56 Å². The summed E-state index contributed by atoms with van der Waals surface area (Å²) in [7, 11) is -4.13. The van der Waals surface area contributed by atoms with Crippen molar-refractivity contribution in [1.29, 1.82) is 0 Å². The minimum atomic E-state index is -4.13. The van der Waals surface area contributed by atoms with Gasteiger partial charge in [-0.05, 0) is 42.0 Å². The Morgan fingerprint density at radius 3 is 2.23 bits per heavy atom. The third kappa shape index (κ3) is 4.29. The van der Waals surface area contributed by atoms with Crippen molar-refractivity contribution in [1.82, 2.24) is 0 Å². The maximum absolute atomic E-state index is 12.4. The molecule has 3 rings (SSSR count). The summed E-state index contributed by atoms with van der Waals surface area (Å²) in [6, 6.07) is 18.1. The van der Waals surface area contributed by atoms with Crippen LogP contribution in [0.5, 0.6) is 0 Å². The van der Waals surface area contributed by atoms with E-state index in [4.69, 9.17) is 4.18 Å². The van der Waals surface area contributed by atoms with Crippen LogP contribution in [0.4, 0.5) is 0 Å².